The Labute approximate surface area is 70.9 Å². The molecule has 3 nitrogen and oxygen atoms in total. The predicted octanol–water partition coefficient (Wildman–Crippen LogP) is 2.86. The second-order valence-electron chi connectivity index (χ2n) is 2.67. The van der Waals surface area contributed by atoms with E-state index in [9.17, 15) is 4.79 Å². The summed E-state index contributed by atoms with van der Waals surface area (Å²) < 4.78 is 0. The van der Waals surface area contributed by atoms with Crippen molar-refractivity contribution in [2.24, 2.45) is 5.11 Å². The molecule has 0 aliphatic heterocycles. The Balaban J connectivity index is 3.25. The van der Waals surface area contributed by atoms with Gasteiger partial charge in [0.15, 0.2) is 5.78 Å². The monoisotopic (exact) mass is 162 g/mol. The van der Waals surface area contributed by atoms with Gasteiger partial charge in [0.2, 0.25) is 0 Å². The Morgan fingerprint density at radius 2 is 2.17 bits per heavy atom. The van der Waals surface area contributed by atoms with Crippen LogP contribution in [0.15, 0.2) is 23.3 Å². The number of aryl methyl sites for hydroxylation is 1. The quantitative estimate of drug-likeness (QED) is 0.527. The molecule has 0 spiro atoms. The van der Waals surface area contributed by atoms with E-state index in [1.165, 1.54) is 6.92 Å². The summed E-state index contributed by atoms with van der Waals surface area (Å²) in [5, 5.41) is 3.25. The number of ketones is 1. The first-order valence-electron chi connectivity index (χ1n) is 3.64. The van der Waals surface area contributed by atoms with Gasteiger partial charge in [-0.1, -0.05) is 6.07 Å². The molecule has 0 bridgehead atoms. The molecule has 0 aromatic heterocycles. The topological polar surface area (TPSA) is 53.3 Å². The molecule has 0 unspecified atom stereocenters. The average molecular weight is 162 g/mol. The van der Waals surface area contributed by atoms with E-state index in [4.69, 9.17) is 5.53 Å². The average Bonchev–Trinajstić information content (AvgIpc) is 2.05. The highest BCUT2D eigenvalue weighted by molar-refractivity contribution is 5.96. The number of nitrogens with zero attached hydrogens (tertiary/aromatic N) is 1. The minimum absolute atomic E-state index is 0.0120. The number of hydrogen-bond donors (Lipinski definition) is 1. The highest BCUT2D eigenvalue weighted by atomic mass is 16.1. The molecule has 0 aliphatic rings. The van der Waals surface area contributed by atoms with Crippen molar-refractivity contribution in [3.63, 3.8) is 0 Å². The van der Waals surface area contributed by atoms with Crippen LogP contribution in [0.25, 0.3) is 0 Å². The fourth-order valence-electron chi connectivity index (χ4n) is 1.06. The van der Waals surface area contributed by atoms with Gasteiger partial charge in [-0.25, -0.2) is 5.53 Å². The lowest BCUT2D eigenvalue weighted by molar-refractivity contribution is 0.101. The summed E-state index contributed by atoms with van der Waals surface area (Å²) in [5.41, 5.74) is 8.85. The first-order valence-corrected chi connectivity index (χ1v) is 3.64. The fraction of sp³-hybridized carbons (Fsp3) is 0.222. The van der Waals surface area contributed by atoms with Crippen LogP contribution in [0.4, 0.5) is 5.69 Å². The molecule has 3 heteroatoms. The van der Waals surface area contributed by atoms with Gasteiger partial charge in [0.25, 0.3) is 0 Å². The van der Waals surface area contributed by atoms with Crippen LogP contribution in [0.3, 0.4) is 0 Å². The molecule has 0 saturated heterocycles. The van der Waals surface area contributed by atoms with Crippen molar-refractivity contribution in [1.82, 2.24) is 0 Å². The summed E-state index contributed by atoms with van der Waals surface area (Å²) in [6, 6.07) is 5.14. The van der Waals surface area contributed by atoms with Crippen molar-refractivity contribution in [2.75, 3.05) is 0 Å². The Morgan fingerprint density at radius 3 is 2.67 bits per heavy atom. The normalized spacial score (nSPS) is 9.50. The molecule has 0 heterocycles. The van der Waals surface area contributed by atoms with Crippen LogP contribution in [0, 0.1) is 12.5 Å². The first kappa shape index (κ1) is 8.59. The maximum Gasteiger partial charge on any atom is 0.160 e. The zero-order valence-electron chi connectivity index (χ0n) is 7.09. The van der Waals surface area contributed by atoms with Crippen molar-refractivity contribution in [3.8, 4) is 0 Å². The van der Waals surface area contributed by atoms with Crippen LogP contribution in [0.1, 0.15) is 22.8 Å². The Morgan fingerprint density at radius 1 is 1.50 bits per heavy atom. The van der Waals surface area contributed by atoms with E-state index in [1.54, 1.807) is 18.2 Å². The minimum atomic E-state index is 0.0120. The molecule has 1 aromatic carbocycles. The maximum atomic E-state index is 11.0. The maximum absolute atomic E-state index is 11.0. The molecule has 1 rings (SSSR count). The lowest BCUT2D eigenvalue weighted by Gasteiger charge is -2.00. The second-order valence-corrected chi connectivity index (χ2v) is 2.67. The molecule has 0 saturated carbocycles. The van der Waals surface area contributed by atoms with Crippen molar-refractivity contribution < 1.29 is 4.79 Å². The van der Waals surface area contributed by atoms with Crippen LogP contribution in [-0.4, -0.2) is 5.78 Å². The molecule has 0 fully saturated rings. The third kappa shape index (κ3) is 1.56. The predicted molar refractivity (Wildman–Crippen MR) is 46.0 cm³/mol. The molecule has 1 aromatic rings. The standard InChI is InChI=1S/C9H10N2O/c1-6-3-4-8(11-10)5-9(6)7(2)12/h3-5,10H,1-2H3. The molecule has 12 heavy (non-hydrogen) atoms. The van der Waals surface area contributed by atoms with Gasteiger partial charge in [0.1, 0.15) is 0 Å². The van der Waals surface area contributed by atoms with Gasteiger partial charge >= 0.3 is 0 Å². The van der Waals surface area contributed by atoms with Gasteiger partial charge in [-0.3, -0.25) is 4.79 Å². The summed E-state index contributed by atoms with van der Waals surface area (Å²) >= 11 is 0. The molecule has 62 valence electrons. The molecule has 1 N–H and O–H groups in total. The van der Waals surface area contributed by atoms with Crippen LogP contribution in [0.2, 0.25) is 0 Å². The lowest BCUT2D eigenvalue weighted by atomic mass is 10.1. The van der Waals surface area contributed by atoms with Crippen LogP contribution < -0.4 is 0 Å². The molecule has 0 aliphatic carbocycles. The lowest BCUT2D eigenvalue weighted by Crippen LogP contribution is -1.94. The Bertz CT molecular complexity index is 331. The van der Waals surface area contributed by atoms with Crippen LogP contribution >= 0.6 is 0 Å². The Hall–Kier alpha value is -1.51. The van der Waals surface area contributed by atoms with Crippen LogP contribution in [0.5, 0.6) is 0 Å². The molecular formula is C9H10N2O. The van der Waals surface area contributed by atoms with E-state index in [1.807, 2.05) is 6.92 Å². The molecule has 0 radical (unpaired) electrons. The third-order valence-electron chi connectivity index (χ3n) is 1.73. The van der Waals surface area contributed by atoms with Crippen LogP contribution in [-0.2, 0) is 0 Å². The number of Topliss-reactive ketones (excluding diaryl/α,β-unsaturated/α-hetero) is 1. The highest BCUT2D eigenvalue weighted by Gasteiger charge is 2.03. The summed E-state index contributed by atoms with van der Waals surface area (Å²) in [6.07, 6.45) is 0. The van der Waals surface area contributed by atoms with Gasteiger partial charge in [0, 0.05) is 5.56 Å². The van der Waals surface area contributed by atoms with E-state index in [0.717, 1.165) is 5.56 Å². The van der Waals surface area contributed by atoms with Gasteiger partial charge in [-0.15, -0.1) is 0 Å². The summed E-state index contributed by atoms with van der Waals surface area (Å²) in [7, 11) is 0. The molecule has 0 atom stereocenters. The SMILES string of the molecule is CC(=O)c1cc(N=N)ccc1C. The number of benzene rings is 1. The number of carbonyl (C=O) groups excluding carboxylic acids is 1. The van der Waals surface area contributed by atoms with Gasteiger partial charge in [-0.2, -0.15) is 5.11 Å². The first-order chi connectivity index (χ1) is 5.65. The van der Waals surface area contributed by atoms with Crippen molar-refractivity contribution in [3.05, 3.63) is 29.3 Å². The summed E-state index contributed by atoms with van der Waals surface area (Å²) in [6.45, 7) is 3.38. The van der Waals surface area contributed by atoms with E-state index in [2.05, 4.69) is 5.11 Å². The number of hydrogen-bond acceptors (Lipinski definition) is 3. The zero-order chi connectivity index (χ0) is 9.14. The Kier molecular flexibility index (Phi) is 2.33. The minimum Gasteiger partial charge on any atom is -0.294 e. The van der Waals surface area contributed by atoms with E-state index < -0.39 is 0 Å². The number of rotatable bonds is 2. The van der Waals surface area contributed by atoms with E-state index >= 15 is 0 Å². The van der Waals surface area contributed by atoms with Gasteiger partial charge in [-0.05, 0) is 31.5 Å². The smallest absolute Gasteiger partial charge is 0.160 e. The van der Waals surface area contributed by atoms with E-state index in [0.29, 0.717) is 11.3 Å². The fourth-order valence-corrected chi connectivity index (χ4v) is 1.06. The largest absolute Gasteiger partial charge is 0.294 e. The number of carbonyl (C=O) groups is 1. The third-order valence-corrected chi connectivity index (χ3v) is 1.73. The van der Waals surface area contributed by atoms with Gasteiger partial charge in [0.05, 0.1) is 5.69 Å². The number of nitrogens with one attached hydrogen (secondary N) is 1. The zero-order valence-corrected chi connectivity index (χ0v) is 7.09. The van der Waals surface area contributed by atoms with Crippen molar-refractivity contribution in [1.29, 1.82) is 5.53 Å². The van der Waals surface area contributed by atoms with Crippen molar-refractivity contribution >= 4 is 11.5 Å². The summed E-state index contributed by atoms with van der Waals surface area (Å²) in [4.78, 5) is 11.0. The molecular weight excluding hydrogens is 152 g/mol. The highest BCUT2D eigenvalue weighted by Crippen LogP contribution is 2.17. The summed E-state index contributed by atoms with van der Waals surface area (Å²) in [5.74, 6) is 0.0120. The van der Waals surface area contributed by atoms with Gasteiger partial charge < -0.3 is 0 Å². The van der Waals surface area contributed by atoms with Crippen molar-refractivity contribution in [2.45, 2.75) is 13.8 Å². The van der Waals surface area contributed by atoms with E-state index in [-0.39, 0.29) is 5.78 Å². The molecule has 0 amide bonds. The second kappa shape index (κ2) is 3.26.